The Hall–Kier alpha value is -1.68. The van der Waals surface area contributed by atoms with Gasteiger partial charge in [0.1, 0.15) is 0 Å². The Morgan fingerprint density at radius 3 is 2.72 bits per heavy atom. The molecule has 96 valence electrons. The van der Waals surface area contributed by atoms with Crippen molar-refractivity contribution in [3.8, 4) is 0 Å². The molecule has 1 unspecified atom stereocenters. The van der Waals surface area contributed by atoms with Crippen molar-refractivity contribution < 1.29 is 0 Å². The number of nitrogens with zero attached hydrogens (tertiary/aromatic N) is 3. The summed E-state index contributed by atoms with van der Waals surface area (Å²) in [6.07, 6.45) is 5.84. The van der Waals surface area contributed by atoms with Gasteiger partial charge in [-0.25, -0.2) is 0 Å². The standard InChI is InChI=1S/C14H20N4/c1-4-18-10-13(9-16-18)11(2)17-12(3)14-7-5-6-8-15-14/h5-12,17H,4H2,1-3H3/t11?,12-/m0/s1. The lowest BCUT2D eigenvalue weighted by Crippen LogP contribution is -2.22. The molecule has 2 atom stereocenters. The van der Waals surface area contributed by atoms with E-state index in [0.29, 0.717) is 0 Å². The molecule has 4 heteroatoms. The van der Waals surface area contributed by atoms with Gasteiger partial charge in [-0.2, -0.15) is 5.10 Å². The first-order valence-electron chi connectivity index (χ1n) is 6.40. The van der Waals surface area contributed by atoms with Crippen molar-refractivity contribution in [2.45, 2.75) is 39.4 Å². The van der Waals surface area contributed by atoms with E-state index in [9.17, 15) is 0 Å². The maximum atomic E-state index is 4.36. The number of hydrogen-bond acceptors (Lipinski definition) is 3. The smallest absolute Gasteiger partial charge is 0.0570 e. The summed E-state index contributed by atoms with van der Waals surface area (Å²) < 4.78 is 1.94. The highest BCUT2D eigenvalue weighted by molar-refractivity contribution is 5.12. The third kappa shape index (κ3) is 2.96. The topological polar surface area (TPSA) is 42.7 Å². The molecule has 0 fully saturated rings. The molecule has 0 aliphatic heterocycles. The zero-order chi connectivity index (χ0) is 13.0. The van der Waals surface area contributed by atoms with Gasteiger partial charge in [0.25, 0.3) is 0 Å². The molecule has 0 spiro atoms. The lowest BCUT2D eigenvalue weighted by atomic mass is 10.1. The molecule has 0 aliphatic carbocycles. The Morgan fingerprint density at radius 2 is 2.11 bits per heavy atom. The minimum Gasteiger partial charge on any atom is -0.302 e. The molecular formula is C14H20N4. The van der Waals surface area contributed by atoms with E-state index in [0.717, 1.165) is 12.2 Å². The molecule has 4 nitrogen and oxygen atoms in total. The highest BCUT2D eigenvalue weighted by Gasteiger charge is 2.13. The third-order valence-electron chi connectivity index (χ3n) is 3.11. The summed E-state index contributed by atoms with van der Waals surface area (Å²) in [4.78, 5) is 4.36. The van der Waals surface area contributed by atoms with Gasteiger partial charge in [-0.3, -0.25) is 9.67 Å². The van der Waals surface area contributed by atoms with Gasteiger partial charge in [0.2, 0.25) is 0 Å². The van der Waals surface area contributed by atoms with Crippen LogP contribution in [0.25, 0.3) is 0 Å². The maximum Gasteiger partial charge on any atom is 0.0570 e. The molecule has 2 aromatic rings. The van der Waals surface area contributed by atoms with Crippen molar-refractivity contribution in [1.82, 2.24) is 20.1 Å². The van der Waals surface area contributed by atoms with Gasteiger partial charge in [0.05, 0.1) is 11.9 Å². The van der Waals surface area contributed by atoms with E-state index in [-0.39, 0.29) is 12.1 Å². The van der Waals surface area contributed by atoms with Crippen LogP contribution in [-0.2, 0) is 6.54 Å². The van der Waals surface area contributed by atoms with Crippen molar-refractivity contribution in [3.63, 3.8) is 0 Å². The number of rotatable bonds is 5. The Kier molecular flexibility index (Phi) is 4.10. The molecule has 2 heterocycles. The van der Waals surface area contributed by atoms with Crippen molar-refractivity contribution in [3.05, 3.63) is 48.0 Å². The summed E-state index contributed by atoms with van der Waals surface area (Å²) in [5.41, 5.74) is 2.27. The minimum absolute atomic E-state index is 0.228. The van der Waals surface area contributed by atoms with E-state index in [1.165, 1.54) is 5.56 Å². The summed E-state index contributed by atoms with van der Waals surface area (Å²) in [6, 6.07) is 6.49. The SMILES string of the molecule is CCn1cc(C(C)N[C@@H](C)c2ccccn2)cn1. The van der Waals surface area contributed by atoms with Crippen LogP contribution in [-0.4, -0.2) is 14.8 Å². The van der Waals surface area contributed by atoms with E-state index in [1.807, 2.05) is 35.3 Å². The van der Waals surface area contributed by atoms with Crippen LogP contribution in [0.4, 0.5) is 0 Å². The molecule has 0 saturated carbocycles. The fourth-order valence-corrected chi connectivity index (χ4v) is 1.96. The Morgan fingerprint density at radius 1 is 1.28 bits per heavy atom. The average Bonchev–Trinajstić information content (AvgIpc) is 2.88. The average molecular weight is 244 g/mol. The molecular weight excluding hydrogens is 224 g/mol. The molecule has 1 N–H and O–H groups in total. The number of aromatic nitrogens is 3. The largest absolute Gasteiger partial charge is 0.302 e. The van der Waals surface area contributed by atoms with Gasteiger partial charge in [0, 0.05) is 36.6 Å². The summed E-state index contributed by atoms with van der Waals surface area (Å²) in [6.45, 7) is 7.27. The van der Waals surface area contributed by atoms with Crippen LogP contribution in [0.3, 0.4) is 0 Å². The summed E-state index contributed by atoms with van der Waals surface area (Å²) in [5.74, 6) is 0. The second kappa shape index (κ2) is 5.78. The quantitative estimate of drug-likeness (QED) is 0.879. The van der Waals surface area contributed by atoms with Gasteiger partial charge in [-0.15, -0.1) is 0 Å². The molecule has 0 aliphatic rings. The van der Waals surface area contributed by atoms with Crippen LogP contribution in [0.1, 0.15) is 44.1 Å². The predicted molar refractivity (Wildman–Crippen MR) is 72.1 cm³/mol. The molecule has 0 radical (unpaired) electrons. The first-order chi connectivity index (χ1) is 8.70. The van der Waals surface area contributed by atoms with E-state index >= 15 is 0 Å². The zero-order valence-corrected chi connectivity index (χ0v) is 11.2. The van der Waals surface area contributed by atoms with Gasteiger partial charge < -0.3 is 5.32 Å². The first-order valence-corrected chi connectivity index (χ1v) is 6.40. The lowest BCUT2D eigenvalue weighted by molar-refractivity contribution is 0.486. The second-order valence-corrected chi connectivity index (χ2v) is 4.49. The fourth-order valence-electron chi connectivity index (χ4n) is 1.96. The highest BCUT2D eigenvalue weighted by Crippen LogP contribution is 2.17. The van der Waals surface area contributed by atoms with Crippen molar-refractivity contribution in [2.75, 3.05) is 0 Å². The summed E-state index contributed by atoms with van der Waals surface area (Å²) >= 11 is 0. The molecule has 0 bridgehead atoms. The third-order valence-corrected chi connectivity index (χ3v) is 3.11. The number of pyridine rings is 1. The molecule has 0 aromatic carbocycles. The van der Waals surface area contributed by atoms with Crippen LogP contribution in [0, 0.1) is 0 Å². The number of nitrogens with one attached hydrogen (secondary N) is 1. The predicted octanol–water partition coefficient (Wildman–Crippen LogP) is 2.71. The van der Waals surface area contributed by atoms with Crippen LogP contribution >= 0.6 is 0 Å². The Balaban J connectivity index is 2.01. The molecule has 0 saturated heterocycles. The van der Waals surface area contributed by atoms with Gasteiger partial charge in [-0.05, 0) is 32.9 Å². The van der Waals surface area contributed by atoms with Crippen LogP contribution in [0.5, 0.6) is 0 Å². The Labute approximate surface area is 108 Å². The van der Waals surface area contributed by atoms with Gasteiger partial charge in [0.15, 0.2) is 0 Å². The van der Waals surface area contributed by atoms with E-state index < -0.39 is 0 Å². The molecule has 0 amide bonds. The zero-order valence-electron chi connectivity index (χ0n) is 11.2. The van der Waals surface area contributed by atoms with Crippen LogP contribution in [0.15, 0.2) is 36.8 Å². The summed E-state index contributed by atoms with van der Waals surface area (Å²) in [5, 5.41) is 7.83. The monoisotopic (exact) mass is 244 g/mol. The Bertz CT molecular complexity index is 478. The van der Waals surface area contributed by atoms with Crippen LogP contribution < -0.4 is 5.32 Å². The maximum absolute atomic E-state index is 4.36. The number of hydrogen-bond donors (Lipinski definition) is 1. The molecule has 2 aromatic heterocycles. The first kappa shape index (κ1) is 12.8. The van der Waals surface area contributed by atoms with Crippen molar-refractivity contribution in [2.24, 2.45) is 0 Å². The van der Waals surface area contributed by atoms with Crippen molar-refractivity contribution >= 4 is 0 Å². The second-order valence-electron chi connectivity index (χ2n) is 4.49. The highest BCUT2D eigenvalue weighted by atomic mass is 15.3. The van der Waals surface area contributed by atoms with E-state index in [2.05, 4.69) is 42.4 Å². The van der Waals surface area contributed by atoms with Gasteiger partial charge in [-0.1, -0.05) is 6.07 Å². The molecule has 2 rings (SSSR count). The van der Waals surface area contributed by atoms with E-state index in [1.54, 1.807) is 0 Å². The molecule has 18 heavy (non-hydrogen) atoms. The van der Waals surface area contributed by atoms with Crippen molar-refractivity contribution in [1.29, 1.82) is 0 Å². The van der Waals surface area contributed by atoms with Gasteiger partial charge >= 0.3 is 0 Å². The van der Waals surface area contributed by atoms with E-state index in [4.69, 9.17) is 0 Å². The number of aryl methyl sites for hydroxylation is 1. The normalized spacial score (nSPS) is 14.4. The lowest BCUT2D eigenvalue weighted by Gasteiger charge is -2.18. The fraction of sp³-hybridized carbons (Fsp3) is 0.429. The van der Waals surface area contributed by atoms with Crippen LogP contribution in [0.2, 0.25) is 0 Å². The minimum atomic E-state index is 0.228. The summed E-state index contributed by atoms with van der Waals surface area (Å²) in [7, 11) is 0.